The summed E-state index contributed by atoms with van der Waals surface area (Å²) in [5, 5.41) is 6.31. The number of hydrogen-bond donors (Lipinski definition) is 0. The van der Waals surface area contributed by atoms with Crippen LogP contribution in [-0.4, -0.2) is 21.2 Å². The maximum absolute atomic E-state index is 5.54. The molecule has 0 fully saturated rings. The van der Waals surface area contributed by atoms with Crippen molar-refractivity contribution in [3.05, 3.63) is 45.9 Å². The van der Waals surface area contributed by atoms with Crippen LogP contribution in [0, 0.1) is 25.7 Å². The smallest absolute Gasteiger partial charge is 0.217 e. The minimum absolute atomic E-state index is 0.327. The third kappa shape index (κ3) is 2.65. The van der Waals surface area contributed by atoms with Gasteiger partial charge < -0.3 is 4.74 Å². The van der Waals surface area contributed by atoms with Crippen LogP contribution in [0.4, 0.5) is 0 Å². The summed E-state index contributed by atoms with van der Waals surface area (Å²) in [6.07, 6.45) is 1.83. The molecule has 0 aromatic carbocycles. The first kappa shape index (κ1) is 12.7. The number of thiophene rings is 1. The van der Waals surface area contributed by atoms with Crippen molar-refractivity contribution in [2.45, 2.75) is 13.8 Å². The molecule has 0 N–H and O–H groups in total. The standard InChI is InChI=1S/C15H13N3OS/c1-11-6-9-20-13(11)4-3-8-19-15-5-7-18-14(16-15)10-12(2)17-18/h5-7,9-10H,8H2,1-2H3. The number of nitrogens with zero attached hydrogens (tertiary/aromatic N) is 3. The molecule has 0 saturated carbocycles. The van der Waals surface area contributed by atoms with Crippen molar-refractivity contribution in [1.82, 2.24) is 14.6 Å². The highest BCUT2D eigenvalue weighted by Crippen LogP contribution is 2.13. The summed E-state index contributed by atoms with van der Waals surface area (Å²) in [5.74, 6) is 6.67. The summed E-state index contributed by atoms with van der Waals surface area (Å²) in [4.78, 5) is 5.45. The molecular formula is C15H13N3OS. The molecule has 3 rings (SSSR count). The average Bonchev–Trinajstić information content (AvgIpc) is 2.99. The first-order chi connectivity index (χ1) is 9.72. The molecule has 0 aliphatic rings. The van der Waals surface area contributed by atoms with E-state index in [1.54, 1.807) is 21.9 Å². The van der Waals surface area contributed by atoms with E-state index in [-0.39, 0.29) is 0 Å². The van der Waals surface area contributed by atoms with Crippen LogP contribution in [-0.2, 0) is 0 Å². The molecule has 3 aromatic rings. The Hall–Kier alpha value is -2.32. The number of rotatable bonds is 2. The summed E-state index contributed by atoms with van der Waals surface area (Å²) in [7, 11) is 0. The number of aryl methyl sites for hydroxylation is 2. The predicted molar refractivity (Wildman–Crippen MR) is 79.2 cm³/mol. The normalized spacial score (nSPS) is 10.3. The van der Waals surface area contributed by atoms with Crippen LogP contribution in [0.5, 0.6) is 5.88 Å². The van der Waals surface area contributed by atoms with Crippen molar-refractivity contribution in [2.24, 2.45) is 0 Å². The van der Waals surface area contributed by atoms with Gasteiger partial charge in [-0.1, -0.05) is 11.8 Å². The van der Waals surface area contributed by atoms with E-state index < -0.39 is 0 Å². The quantitative estimate of drug-likeness (QED) is 0.679. The molecule has 3 aromatic heterocycles. The largest absolute Gasteiger partial charge is 0.464 e. The third-order valence-corrected chi connectivity index (χ3v) is 3.71. The highest BCUT2D eigenvalue weighted by Gasteiger charge is 2.01. The van der Waals surface area contributed by atoms with Gasteiger partial charge in [-0.25, -0.2) is 4.52 Å². The summed E-state index contributed by atoms with van der Waals surface area (Å²) in [5.41, 5.74) is 2.92. The topological polar surface area (TPSA) is 39.4 Å². The molecule has 0 atom stereocenters. The summed E-state index contributed by atoms with van der Waals surface area (Å²) in [6, 6.07) is 5.76. The molecule has 3 heterocycles. The lowest BCUT2D eigenvalue weighted by atomic mass is 10.3. The van der Waals surface area contributed by atoms with Crippen molar-refractivity contribution in [1.29, 1.82) is 0 Å². The fourth-order valence-electron chi connectivity index (χ4n) is 1.79. The van der Waals surface area contributed by atoms with Crippen LogP contribution in [0.25, 0.3) is 5.65 Å². The first-order valence-corrected chi connectivity index (χ1v) is 7.09. The van der Waals surface area contributed by atoms with E-state index in [9.17, 15) is 0 Å². The zero-order valence-electron chi connectivity index (χ0n) is 11.3. The Labute approximate surface area is 121 Å². The van der Waals surface area contributed by atoms with Crippen LogP contribution >= 0.6 is 11.3 Å². The number of hydrogen-bond acceptors (Lipinski definition) is 4. The van der Waals surface area contributed by atoms with E-state index in [1.165, 1.54) is 5.56 Å². The SMILES string of the molecule is Cc1cc2nc(OCC#Cc3sccc3C)ccn2n1. The zero-order chi connectivity index (χ0) is 13.9. The van der Waals surface area contributed by atoms with Gasteiger partial charge >= 0.3 is 0 Å². The van der Waals surface area contributed by atoms with E-state index in [0.29, 0.717) is 12.5 Å². The van der Waals surface area contributed by atoms with Gasteiger partial charge in [-0.15, -0.1) is 11.3 Å². The van der Waals surface area contributed by atoms with Gasteiger partial charge in [-0.3, -0.25) is 0 Å². The molecule has 0 spiro atoms. The minimum atomic E-state index is 0.327. The van der Waals surface area contributed by atoms with Crippen molar-refractivity contribution in [2.75, 3.05) is 6.61 Å². The van der Waals surface area contributed by atoms with Crippen molar-refractivity contribution < 1.29 is 4.74 Å². The molecule has 0 unspecified atom stereocenters. The van der Waals surface area contributed by atoms with Gasteiger partial charge in [0, 0.05) is 18.3 Å². The second-order valence-electron chi connectivity index (χ2n) is 4.38. The Bertz CT molecular complexity index is 807. The second-order valence-corrected chi connectivity index (χ2v) is 5.29. The van der Waals surface area contributed by atoms with Gasteiger partial charge in [-0.2, -0.15) is 10.1 Å². The Morgan fingerprint density at radius 2 is 2.25 bits per heavy atom. The minimum Gasteiger partial charge on any atom is -0.464 e. The van der Waals surface area contributed by atoms with E-state index >= 15 is 0 Å². The summed E-state index contributed by atoms with van der Waals surface area (Å²) in [6.45, 7) is 4.32. The van der Waals surface area contributed by atoms with Gasteiger partial charge in [-0.05, 0) is 30.9 Å². The maximum atomic E-state index is 5.54. The van der Waals surface area contributed by atoms with Gasteiger partial charge in [0.15, 0.2) is 12.3 Å². The zero-order valence-corrected chi connectivity index (χ0v) is 12.1. The molecule has 0 bridgehead atoms. The molecule has 0 saturated heterocycles. The van der Waals surface area contributed by atoms with Crippen LogP contribution in [0.3, 0.4) is 0 Å². The Morgan fingerprint density at radius 1 is 1.35 bits per heavy atom. The van der Waals surface area contributed by atoms with Crippen LogP contribution in [0.1, 0.15) is 16.1 Å². The molecule has 20 heavy (non-hydrogen) atoms. The molecule has 0 amide bonds. The molecule has 0 aliphatic carbocycles. The van der Waals surface area contributed by atoms with Gasteiger partial charge in [0.2, 0.25) is 5.88 Å². The second kappa shape index (κ2) is 5.35. The van der Waals surface area contributed by atoms with Crippen molar-refractivity contribution >= 4 is 17.0 Å². The van der Waals surface area contributed by atoms with E-state index in [1.807, 2.05) is 24.6 Å². The molecule has 4 nitrogen and oxygen atoms in total. The number of ether oxygens (including phenoxy) is 1. The van der Waals surface area contributed by atoms with Gasteiger partial charge in [0.1, 0.15) is 0 Å². The van der Waals surface area contributed by atoms with Gasteiger partial charge in [0.25, 0.3) is 0 Å². The van der Waals surface area contributed by atoms with Crippen LogP contribution in [0.15, 0.2) is 29.8 Å². The van der Waals surface area contributed by atoms with E-state index in [0.717, 1.165) is 16.2 Å². The Balaban J connectivity index is 1.68. The van der Waals surface area contributed by atoms with Crippen molar-refractivity contribution in [3.63, 3.8) is 0 Å². The molecule has 0 radical (unpaired) electrons. The molecular weight excluding hydrogens is 270 g/mol. The monoisotopic (exact) mass is 283 g/mol. The highest BCUT2D eigenvalue weighted by atomic mass is 32.1. The lowest BCUT2D eigenvalue weighted by Gasteiger charge is -2.00. The van der Waals surface area contributed by atoms with E-state index in [4.69, 9.17) is 4.74 Å². The Morgan fingerprint density at radius 3 is 3.05 bits per heavy atom. The van der Waals surface area contributed by atoms with Crippen LogP contribution < -0.4 is 4.74 Å². The van der Waals surface area contributed by atoms with Crippen LogP contribution in [0.2, 0.25) is 0 Å². The fraction of sp³-hybridized carbons (Fsp3) is 0.200. The lowest BCUT2D eigenvalue weighted by molar-refractivity contribution is 0.355. The van der Waals surface area contributed by atoms with Crippen molar-refractivity contribution in [3.8, 4) is 17.7 Å². The molecule has 100 valence electrons. The molecule has 5 heteroatoms. The number of aromatic nitrogens is 3. The lowest BCUT2D eigenvalue weighted by Crippen LogP contribution is -1.98. The Kier molecular flexibility index (Phi) is 3.40. The first-order valence-electron chi connectivity index (χ1n) is 6.21. The highest BCUT2D eigenvalue weighted by molar-refractivity contribution is 7.10. The van der Waals surface area contributed by atoms with Gasteiger partial charge in [0.05, 0.1) is 10.6 Å². The van der Waals surface area contributed by atoms with E-state index in [2.05, 4.69) is 34.9 Å². The number of fused-ring (bicyclic) bond motifs is 1. The fourth-order valence-corrected chi connectivity index (χ4v) is 2.58. The summed E-state index contributed by atoms with van der Waals surface area (Å²) < 4.78 is 7.27. The summed E-state index contributed by atoms with van der Waals surface area (Å²) >= 11 is 1.64. The average molecular weight is 283 g/mol. The third-order valence-electron chi connectivity index (χ3n) is 2.78. The molecule has 0 aliphatic heterocycles. The predicted octanol–water partition coefficient (Wildman–Crippen LogP) is 2.84. The maximum Gasteiger partial charge on any atom is 0.217 e.